The molecule has 0 heterocycles. The second-order valence-corrected chi connectivity index (χ2v) is 6.25. The van der Waals surface area contributed by atoms with Gasteiger partial charge in [0, 0.05) is 6.54 Å². The molecule has 1 aromatic rings. The average Bonchev–Trinajstić information content (AvgIpc) is 2.30. The van der Waals surface area contributed by atoms with Crippen molar-refractivity contribution >= 4 is 17.5 Å². The molecule has 0 aliphatic heterocycles. The predicted octanol–water partition coefficient (Wildman–Crippen LogP) is 3.62. The first kappa shape index (κ1) is 16.0. The third-order valence-electron chi connectivity index (χ3n) is 3.10. The fourth-order valence-corrected chi connectivity index (χ4v) is 2.48. The van der Waals surface area contributed by atoms with Gasteiger partial charge in [-0.3, -0.25) is 4.79 Å². The van der Waals surface area contributed by atoms with Gasteiger partial charge in [-0.1, -0.05) is 37.6 Å². The van der Waals surface area contributed by atoms with Gasteiger partial charge >= 0.3 is 0 Å². The Labute approximate surface area is 121 Å². The molecule has 1 amide bonds. The number of carbonyl (C=O) groups excluding carboxylic acids is 1. The van der Waals surface area contributed by atoms with Gasteiger partial charge in [-0.05, 0) is 37.3 Å². The first-order valence-electron chi connectivity index (χ1n) is 6.85. The van der Waals surface area contributed by atoms with Crippen LogP contribution in [0.25, 0.3) is 0 Å². The molecule has 1 N–H and O–H groups in total. The molecule has 0 aromatic heterocycles. The van der Waals surface area contributed by atoms with Crippen LogP contribution in [0.4, 0.5) is 0 Å². The first-order chi connectivity index (χ1) is 8.88. The Bertz CT molecular complexity index is 429. The van der Waals surface area contributed by atoms with Crippen LogP contribution >= 0.6 is 11.6 Å². The van der Waals surface area contributed by atoms with E-state index < -0.39 is 0 Å². The number of nitrogens with one attached hydrogen (secondary N) is 1. The molecule has 2 nitrogen and oxygen atoms in total. The number of aryl methyl sites for hydroxylation is 2. The molecule has 19 heavy (non-hydrogen) atoms. The molecule has 0 saturated carbocycles. The van der Waals surface area contributed by atoms with Crippen molar-refractivity contribution in [3.63, 3.8) is 0 Å². The summed E-state index contributed by atoms with van der Waals surface area (Å²) in [5.74, 6) is 0.599. The molecular weight excluding hydrogens is 258 g/mol. The Morgan fingerprint density at radius 2 is 2.00 bits per heavy atom. The van der Waals surface area contributed by atoms with Crippen molar-refractivity contribution in [2.75, 3.05) is 6.54 Å². The van der Waals surface area contributed by atoms with Crippen LogP contribution in [0.1, 0.15) is 37.0 Å². The van der Waals surface area contributed by atoms with E-state index in [0.29, 0.717) is 18.9 Å². The summed E-state index contributed by atoms with van der Waals surface area (Å²) in [7, 11) is 0. The fourth-order valence-electron chi connectivity index (χ4n) is 2.05. The minimum Gasteiger partial charge on any atom is -0.354 e. The van der Waals surface area contributed by atoms with Crippen LogP contribution in [0.3, 0.4) is 0 Å². The Balaban J connectivity index is 2.45. The second-order valence-electron chi connectivity index (χ2n) is 5.64. The van der Waals surface area contributed by atoms with Crippen molar-refractivity contribution in [3.05, 3.63) is 34.9 Å². The number of hydrogen-bond donors (Lipinski definition) is 1. The van der Waals surface area contributed by atoms with Crippen LogP contribution in [-0.2, 0) is 11.2 Å². The fraction of sp³-hybridized carbons (Fsp3) is 0.562. The summed E-state index contributed by atoms with van der Waals surface area (Å²) < 4.78 is 0. The third-order valence-corrected chi connectivity index (χ3v) is 3.44. The van der Waals surface area contributed by atoms with E-state index in [1.807, 2.05) is 13.8 Å². The van der Waals surface area contributed by atoms with E-state index >= 15 is 0 Å². The van der Waals surface area contributed by atoms with Crippen LogP contribution in [0, 0.1) is 19.8 Å². The van der Waals surface area contributed by atoms with Crippen molar-refractivity contribution in [1.82, 2.24) is 5.32 Å². The van der Waals surface area contributed by atoms with E-state index in [9.17, 15) is 4.79 Å². The molecule has 1 rings (SSSR count). The minimum absolute atomic E-state index is 0.0163. The summed E-state index contributed by atoms with van der Waals surface area (Å²) in [4.78, 5) is 11.9. The van der Waals surface area contributed by atoms with Crippen LogP contribution < -0.4 is 5.32 Å². The lowest BCUT2D eigenvalue weighted by Crippen LogP contribution is -2.31. The topological polar surface area (TPSA) is 29.1 Å². The highest BCUT2D eigenvalue weighted by Crippen LogP contribution is 2.12. The molecule has 0 aliphatic carbocycles. The average molecular weight is 282 g/mol. The lowest BCUT2D eigenvalue weighted by molar-refractivity contribution is -0.120. The predicted molar refractivity (Wildman–Crippen MR) is 81.7 cm³/mol. The van der Waals surface area contributed by atoms with E-state index in [-0.39, 0.29) is 11.3 Å². The molecule has 106 valence electrons. The summed E-state index contributed by atoms with van der Waals surface area (Å²) in [5, 5.41) is 2.93. The molecule has 1 unspecified atom stereocenters. The van der Waals surface area contributed by atoms with Crippen molar-refractivity contribution in [2.45, 2.75) is 45.9 Å². The lowest BCUT2D eigenvalue weighted by Gasteiger charge is -2.13. The standard InChI is InChI=1S/C16H24ClNO/c1-11(2)7-15(17)10-18-16(19)9-14-8-12(3)5-6-13(14)4/h5-6,8,11,15H,7,9-10H2,1-4H3,(H,18,19). The quantitative estimate of drug-likeness (QED) is 0.793. The van der Waals surface area contributed by atoms with E-state index in [4.69, 9.17) is 11.6 Å². The molecule has 0 bridgehead atoms. The van der Waals surface area contributed by atoms with Gasteiger partial charge in [0.2, 0.25) is 5.91 Å². The lowest BCUT2D eigenvalue weighted by atomic mass is 10.0. The van der Waals surface area contributed by atoms with Gasteiger partial charge in [0.1, 0.15) is 0 Å². The summed E-state index contributed by atoms with van der Waals surface area (Å²) in [5.41, 5.74) is 3.43. The highest BCUT2D eigenvalue weighted by atomic mass is 35.5. The zero-order valence-electron chi connectivity index (χ0n) is 12.3. The smallest absolute Gasteiger partial charge is 0.224 e. The SMILES string of the molecule is Cc1ccc(C)c(CC(=O)NCC(Cl)CC(C)C)c1. The van der Waals surface area contributed by atoms with Crippen LogP contribution in [0.2, 0.25) is 0 Å². The number of carbonyl (C=O) groups is 1. The molecule has 0 spiro atoms. The number of alkyl halides is 1. The van der Waals surface area contributed by atoms with Gasteiger partial charge in [-0.2, -0.15) is 0 Å². The summed E-state index contributed by atoms with van der Waals surface area (Å²) in [6, 6.07) is 6.19. The molecule has 1 aromatic carbocycles. The first-order valence-corrected chi connectivity index (χ1v) is 7.29. The molecule has 0 saturated heterocycles. The van der Waals surface area contributed by atoms with Gasteiger partial charge in [-0.25, -0.2) is 0 Å². The highest BCUT2D eigenvalue weighted by molar-refractivity contribution is 6.20. The van der Waals surface area contributed by atoms with E-state index in [0.717, 1.165) is 17.5 Å². The Hall–Kier alpha value is -1.02. The zero-order valence-corrected chi connectivity index (χ0v) is 13.1. The Kier molecular flexibility index (Phi) is 6.36. The number of halogens is 1. The molecule has 1 atom stereocenters. The Morgan fingerprint density at radius 1 is 1.32 bits per heavy atom. The van der Waals surface area contributed by atoms with E-state index in [1.54, 1.807) is 0 Å². The van der Waals surface area contributed by atoms with Crippen molar-refractivity contribution in [2.24, 2.45) is 5.92 Å². The summed E-state index contributed by atoms with van der Waals surface area (Å²) >= 11 is 6.16. The zero-order chi connectivity index (χ0) is 14.4. The minimum atomic E-state index is 0.0163. The number of benzene rings is 1. The summed E-state index contributed by atoms with van der Waals surface area (Å²) in [6.07, 6.45) is 1.35. The van der Waals surface area contributed by atoms with Crippen LogP contribution in [0.5, 0.6) is 0 Å². The van der Waals surface area contributed by atoms with E-state index in [2.05, 4.69) is 37.4 Å². The summed E-state index contributed by atoms with van der Waals surface area (Å²) in [6.45, 7) is 8.88. The molecule has 0 aliphatic rings. The monoisotopic (exact) mass is 281 g/mol. The number of hydrogen-bond acceptors (Lipinski definition) is 1. The van der Waals surface area contributed by atoms with Gasteiger partial charge in [0.15, 0.2) is 0 Å². The normalized spacial score (nSPS) is 12.5. The van der Waals surface area contributed by atoms with Crippen molar-refractivity contribution in [1.29, 1.82) is 0 Å². The number of amides is 1. The maximum absolute atomic E-state index is 11.9. The molecule has 0 fully saturated rings. The van der Waals surface area contributed by atoms with Gasteiger partial charge in [0.05, 0.1) is 11.8 Å². The largest absolute Gasteiger partial charge is 0.354 e. The van der Waals surface area contributed by atoms with Gasteiger partial charge in [0.25, 0.3) is 0 Å². The maximum atomic E-state index is 11.9. The second kappa shape index (κ2) is 7.54. The van der Waals surface area contributed by atoms with Crippen molar-refractivity contribution < 1.29 is 4.79 Å². The third kappa shape index (κ3) is 6.11. The van der Waals surface area contributed by atoms with Crippen LogP contribution in [0.15, 0.2) is 18.2 Å². The Morgan fingerprint density at radius 3 is 2.63 bits per heavy atom. The van der Waals surface area contributed by atoms with Crippen LogP contribution in [-0.4, -0.2) is 17.8 Å². The number of rotatable bonds is 6. The maximum Gasteiger partial charge on any atom is 0.224 e. The molecule has 3 heteroatoms. The van der Waals surface area contributed by atoms with Gasteiger partial charge < -0.3 is 5.32 Å². The highest BCUT2D eigenvalue weighted by Gasteiger charge is 2.10. The van der Waals surface area contributed by atoms with Crippen molar-refractivity contribution in [3.8, 4) is 0 Å². The molecular formula is C16H24ClNO. The molecule has 0 radical (unpaired) electrons. The van der Waals surface area contributed by atoms with Gasteiger partial charge in [-0.15, -0.1) is 11.6 Å². The van der Waals surface area contributed by atoms with E-state index in [1.165, 1.54) is 5.56 Å².